The van der Waals surface area contributed by atoms with Crippen LogP contribution >= 0.6 is 0 Å². The first-order chi connectivity index (χ1) is 16.4. The number of carbonyl (C=O) groups excluding carboxylic acids is 1. The minimum Gasteiger partial charge on any atom is -0.491 e. The first-order valence-electron chi connectivity index (χ1n) is 10.7. The molecule has 0 spiro atoms. The van der Waals surface area contributed by atoms with E-state index in [0.717, 1.165) is 16.8 Å². The number of rotatable bonds is 3. The summed E-state index contributed by atoms with van der Waals surface area (Å²) in [4.78, 5) is 23.2. The van der Waals surface area contributed by atoms with Crippen LogP contribution in [0.15, 0.2) is 55.1 Å². The van der Waals surface area contributed by atoms with E-state index in [-0.39, 0.29) is 24.0 Å². The van der Waals surface area contributed by atoms with Crippen molar-refractivity contribution in [2.45, 2.75) is 6.04 Å². The number of hydrogen-bond acceptors (Lipinski definition) is 6. The molecule has 1 aliphatic rings. The molecule has 5 aromatic rings. The number of nitrogen functional groups attached to an aromatic ring is 1. The number of nitrogens with zero attached hydrogens (tertiary/aromatic N) is 6. The fourth-order valence-electron chi connectivity index (χ4n) is 4.52. The predicted molar refractivity (Wildman–Crippen MR) is 124 cm³/mol. The molecule has 2 aromatic carbocycles. The number of fused-ring (bicyclic) bond motifs is 4. The number of ether oxygens (including phenoxy) is 1. The summed E-state index contributed by atoms with van der Waals surface area (Å²) < 4.78 is 24.4. The summed E-state index contributed by atoms with van der Waals surface area (Å²) in [6.07, 6.45) is 4.87. The van der Waals surface area contributed by atoms with Crippen LogP contribution < -0.4 is 10.5 Å². The van der Waals surface area contributed by atoms with Gasteiger partial charge in [-0.1, -0.05) is 12.1 Å². The molecular weight excluding hydrogens is 437 g/mol. The molecule has 9 nitrogen and oxygen atoms in total. The van der Waals surface area contributed by atoms with E-state index in [2.05, 4.69) is 15.1 Å². The fourth-order valence-corrected chi connectivity index (χ4v) is 4.52. The van der Waals surface area contributed by atoms with Crippen molar-refractivity contribution in [1.29, 1.82) is 0 Å². The van der Waals surface area contributed by atoms with E-state index in [4.69, 9.17) is 10.5 Å². The SMILES string of the molecule is CN(C(=O)c1cc2c(cc1F)nc(N)c1cncn12)[C@@H]1COc2cc(-c3ccnn3C)ccc21. The molecule has 170 valence electrons. The number of benzene rings is 2. The maximum Gasteiger partial charge on any atom is 0.257 e. The van der Waals surface area contributed by atoms with E-state index in [0.29, 0.717) is 22.3 Å². The number of carbonyl (C=O) groups is 1. The summed E-state index contributed by atoms with van der Waals surface area (Å²) in [6, 6.07) is 10.1. The van der Waals surface area contributed by atoms with Crippen LogP contribution in [-0.2, 0) is 7.05 Å². The molecule has 0 bridgehead atoms. The van der Waals surface area contributed by atoms with Crippen molar-refractivity contribution in [1.82, 2.24) is 29.0 Å². The Morgan fingerprint density at radius 1 is 1.24 bits per heavy atom. The molecule has 0 fully saturated rings. The monoisotopic (exact) mass is 457 g/mol. The molecule has 4 heterocycles. The van der Waals surface area contributed by atoms with E-state index in [9.17, 15) is 4.79 Å². The van der Waals surface area contributed by atoms with E-state index < -0.39 is 11.7 Å². The average Bonchev–Trinajstić information content (AvgIpc) is 3.57. The predicted octanol–water partition coefficient (Wildman–Crippen LogP) is 3.21. The molecule has 0 aliphatic carbocycles. The third-order valence-electron chi connectivity index (χ3n) is 6.37. The van der Waals surface area contributed by atoms with Crippen molar-refractivity contribution in [3.63, 3.8) is 0 Å². The number of anilines is 1. The molecular formula is C24H20FN7O2. The van der Waals surface area contributed by atoms with Crippen LogP contribution in [0.3, 0.4) is 0 Å². The third kappa shape index (κ3) is 2.92. The standard InChI is InChI=1S/C24H20FN7O2/c1-30(21-11-34-22-7-13(3-4-14(21)22)18-5-6-28-31(18)2)24(33)15-8-19-17(9-16(15)25)29-23(26)20-10-27-12-32(19)20/h3-10,12,21H,11H2,1-2H3,(H2,26,29)/t21-/m1/s1. The van der Waals surface area contributed by atoms with Crippen LogP contribution in [0, 0.1) is 5.82 Å². The molecule has 1 aliphatic heterocycles. The number of nitrogens with two attached hydrogens (primary N) is 1. The highest BCUT2D eigenvalue weighted by Crippen LogP contribution is 2.39. The second kappa shape index (κ2) is 7.27. The molecule has 0 radical (unpaired) electrons. The summed E-state index contributed by atoms with van der Waals surface area (Å²) in [5.74, 6) is -0.184. The van der Waals surface area contributed by atoms with Gasteiger partial charge in [0.2, 0.25) is 0 Å². The van der Waals surface area contributed by atoms with Crippen molar-refractivity contribution >= 4 is 28.3 Å². The van der Waals surface area contributed by atoms with Gasteiger partial charge in [0, 0.05) is 37.5 Å². The molecule has 34 heavy (non-hydrogen) atoms. The van der Waals surface area contributed by atoms with Gasteiger partial charge in [-0.3, -0.25) is 13.9 Å². The maximum absolute atomic E-state index is 15.0. The normalized spacial score (nSPS) is 15.0. The lowest BCUT2D eigenvalue weighted by Crippen LogP contribution is -2.32. The van der Waals surface area contributed by atoms with Crippen LogP contribution in [-0.4, -0.2) is 48.6 Å². The minimum atomic E-state index is -0.665. The second-order valence-electron chi connectivity index (χ2n) is 8.30. The van der Waals surface area contributed by atoms with E-state index in [1.165, 1.54) is 17.0 Å². The van der Waals surface area contributed by atoms with Gasteiger partial charge in [0.15, 0.2) is 0 Å². The topological polar surface area (TPSA) is 104 Å². The molecule has 3 aromatic heterocycles. The summed E-state index contributed by atoms with van der Waals surface area (Å²) in [6.45, 7) is 0.283. The van der Waals surface area contributed by atoms with Gasteiger partial charge in [-0.05, 0) is 18.2 Å². The lowest BCUT2D eigenvalue weighted by atomic mass is 10.0. The Morgan fingerprint density at radius 3 is 2.88 bits per heavy atom. The lowest BCUT2D eigenvalue weighted by Gasteiger charge is -2.24. The highest BCUT2D eigenvalue weighted by molar-refractivity contribution is 5.98. The van der Waals surface area contributed by atoms with Crippen LogP contribution in [0.25, 0.3) is 27.8 Å². The fraction of sp³-hybridized carbons (Fsp3) is 0.167. The molecule has 10 heteroatoms. The molecule has 0 saturated carbocycles. The van der Waals surface area contributed by atoms with E-state index in [1.807, 2.05) is 31.3 Å². The Hall–Kier alpha value is -4.47. The zero-order chi connectivity index (χ0) is 23.6. The summed E-state index contributed by atoms with van der Waals surface area (Å²) in [5.41, 5.74) is 10.2. The van der Waals surface area contributed by atoms with Gasteiger partial charge < -0.3 is 15.4 Å². The smallest absolute Gasteiger partial charge is 0.257 e. The van der Waals surface area contributed by atoms with Crippen LogP contribution in [0.5, 0.6) is 5.75 Å². The van der Waals surface area contributed by atoms with Crippen molar-refractivity contribution in [2.75, 3.05) is 19.4 Å². The zero-order valence-corrected chi connectivity index (χ0v) is 18.4. The molecule has 1 atom stereocenters. The van der Waals surface area contributed by atoms with E-state index in [1.54, 1.807) is 34.9 Å². The number of imidazole rings is 1. The Balaban J connectivity index is 1.36. The first kappa shape index (κ1) is 20.2. The van der Waals surface area contributed by atoms with Crippen molar-refractivity contribution < 1.29 is 13.9 Å². The average molecular weight is 457 g/mol. The number of hydrogen-bond donors (Lipinski definition) is 1. The number of likely N-dealkylation sites (N-methyl/N-ethyl adjacent to an activating group) is 1. The molecule has 2 N–H and O–H groups in total. The van der Waals surface area contributed by atoms with Crippen LogP contribution in [0.2, 0.25) is 0 Å². The lowest BCUT2D eigenvalue weighted by molar-refractivity contribution is 0.0704. The minimum absolute atomic E-state index is 0.0588. The van der Waals surface area contributed by atoms with Crippen molar-refractivity contribution in [3.05, 3.63) is 72.1 Å². The number of amides is 1. The highest BCUT2D eigenvalue weighted by atomic mass is 19.1. The van der Waals surface area contributed by atoms with Gasteiger partial charge in [-0.25, -0.2) is 14.4 Å². The Morgan fingerprint density at radius 2 is 2.09 bits per heavy atom. The number of aryl methyl sites for hydroxylation is 1. The molecule has 0 unspecified atom stereocenters. The quantitative estimate of drug-likeness (QED) is 0.446. The molecule has 6 rings (SSSR count). The van der Waals surface area contributed by atoms with Gasteiger partial charge in [0.05, 0.1) is 40.9 Å². The van der Waals surface area contributed by atoms with Crippen LogP contribution in [0.1, 0.15) is 22.0 Å². The molecule has 1 amide bonds. The summed E-state index contributed by atoms with van der Waals surface area (Å²) in [5, 5.41) is 4.21. The van der Waals surface area contributed by atoms with E-state index >= 15 is 4.39 Å². The third-order valence-corrected chi connectivity index (χ3v) is 6.37. The zero-order valence-electron chi connectivity index (χ0n) is 18.4. The van der Waals surface area contributed by atoms with Gasteiger partial charge in [0.25, 0.3) is 5.91 Å². The summed E-state index contributed by atoms with van der Waals surface area (Å²) >= 11 is 0. The number of halogens is 1. The van der Waals surface area contributed by atoms with Crippen molar-refractivity contribution in [3.8, 4) is 17.0 Å². The Kier molecular flexibility index (Phi) is 4.31. The molecule has 0 saturated heterocycles. The first-order valence-corrected chi connectivity index (χ1v) is 10.7. The highest BCUT2D eigenvalue weighted by Gasteiger charge is 2.32. The van der Waals surface area contributed by atoms with Crippen molar-refractivity contribution in [2.24, 2.45) is 7.05 Å². The summed E-state index contributed by atoms with van der Waals surface area (Å²) in [7, 11) is 3.52. The largest absolute Gasteiger partial charge is 0.491 e. The second-order valence-corrected chi connectivity index (χ2v) is 8.30. The maximum atomic E-state index is 15.0. The van der Waals surface area contributed by atoms with Gasteiger partial charge in [0.1, 0.15) is 29.5 Å². The Bertz CT molecular complexity index is 1610. The number of aromatic nitrogens is 5. The van der Waals surface area contributed by atoms with Crippen LogP contribution in [0.4, 0.5) is 10.2 Å². The van der Waals surface area contributed by atoms with Gasteiger partial charge >= 0.3 is 0 Å². The van der Waals surface area contributed by atoms with Gasteiger partial charge in [-0.15, -0.1) is 0 Å². The Labute approximate surface area is 193 Å². The van der Waals surface area contributed by atoms with Gasteiger partial charge in [-0.2, -0.15) is 5.10 Å².